The van der Waals surface area contributed by atoms with E-state index >= 15 is 0 Å². The van der Waals surface area contributed by atoms with Crippen LogP contribution >= 0.6 is 0 Å². The molecule has 0 amide bonds. The number of nitrogens with zero attached hydrogens (tertiary/aromatic N) is 5. The first kappa shape index (κ1) is 18.2. The largest absolute Gasteiger partial charge is 0.404 e. The van der Waals surface area contributed by atoms with Gasteiger partial charge in [0.05, 0.1) is 30.6 Å². The number of benzene rings is 1. The molecule has 2 aromatic heterocycles. The molecule has 0 spiro atoms. The zero-order valence-electron chi connectivity index (χ0n) is 16.0. The Balaban J connectivity index is 1.73. The molecule has 144 valence electrons. The number of nitrogens with two attached hydrogens (primary N) is 1. The third-order valence-corrected chi connectivity index (χ3v) is 4.81. The van der Waals surface area contributed by atoms with Crippen molar-refractivity contribution in [3.63, 3.8) is 0 Å². The first-order chi connectivity index (χ1) is 13.8. The smallest absolute Gasteiger partial charge is 0.130 e. The number of hydrogen-bond donors (Lipinski definition) is 1. The number of aliphatic imine (C=N–C) groups is 1. The minimum atomic E-state index is 0.721. The van der Waals surface area contributed by atoms with Crippen LogP contribution in [0.15, 0.2) is 53.9 Å². The highest BCUT2D eigenvalue weighted by Crippen LogP contribution is 2.24. The van der Waals surface area contributed by atoms with Gasteiger partial charge in [0.25, 0.3) is 0 Å². The summed E-state index contributed by atoms with van der Waals surface area (Å²) in [6.45, 7) is 5.88. The van der Waals surface area contributed by atoms with Crippen molar-refractivity contribution in [3.8, 4) is 5.69 Å². The van der Waals surface area contributed by atoms with E-state index in [1.807, 2.05) is 42.3 Å². The summed E-state index contributed by atoms with van der Waals surface area (Å²) in [5, 5.41) is 5.67. The molecule has 3 heterocycles. The van der Waals surface area contributed by atoms with E-state index < -0.39 is 0 Å². The van der Waals surface area contributed by atoms with E-state index in [4.69, 9.17) is 10.5 Å². The molecule has 1 aliphatic rings. The van der Waals surface area contributed by atoms with Gasteiger partial charge in [0.1, 0.15) is 5.82 Å². The summed E-state index contributed by atoms with van der Waals surface area (Å²) in [6.07, 6.45) is 7.10. The van der Waals surface area contributed by atoms with Crippen LogP contribution in [0.2, 0.25) is 0 Å². The second-order valence-corrected chi connectivity index (χ2v) is 6.55. The molecule has 0 radical (unpaired) electrons. The van der Waals surface area contributed by atoms with Gasteiger partial charge in [-0.25, -0.2) is 9.67 Å². The van der Waals surface area contributed by atoms with Gasteiger partial charge in [-0.3, -0.25) is 4.99 Å². The Hall–Kier alpha value is -3.19. The molecule has 0 bridgehead atoms. The number of anilines is 1. The lowest BCUT2D eigenvalue weighted by molar-refractivity contribution is 0.122. The fourth-order valence-corrected chi connectivity index (χ4v) is 3.31. The van der Waals surface area contributed by atoms with Crippen molar-refractivity contribution in [1.82, 2.24) is 14.8 Å². The highest BCUT2D eigenvalue weighted by molar-refractivity contribution is 6.10. The number of hydrogen-bond acceptors (Lipinski definition) is 6. The van der Waals surface area contributed by atoms with Gasteiger partial charge < -0.3 is 15.4 Å². The van der Waals surface area contributed by atoms with Crippen LogP contribution in [0.4, 0.5) is 5.82 Å². The number of ether oxygens (including phenoxy) is 1. The van der Waals surface area contributed by atoms with Crippen LogP contribution < -0.4 is 10.6 Å². The Bertz CT molecular complexity index is 1020. The van der Waals surface area contributed by atoms with E-state index in [1.165, 1.54) is 0 Å². The second kappa shape index (κ2) is 8.22. The normalized spacial score (nSPS) is 15.6. The molecule has 0 aliphatic carbocycles. The standard InChI is InChI=1S/C21H24N6O/c1-2-23-14-18(13-22)16-3-4-17-15-25-27(20(17)11-16)19-5-6-24-21(12-19)26-7-9-28-10-8-26/h3-6,11-15H,2,7-10,22H2,1H3. The average Bonchev–Trinajstić information content (AvgIpc) is 3.18. The first-order valence-corrected chi connectivity index (χ1v) is 9.49. The highest BCUT2D eigenvalue weighted by atomic mass is 16.5. The maximum Gasteiger partial charge on any atom is 0.130 e. The summed E-state index contributed by atoms with van der Waals surface area (Å²) in [5.74, 6) is 0.943. The maximum atomic E-state index is 5.82. The number of pyridine rings is 1. The molecule has 1 saturated heterocycles. The number of rotatable bonds is 5. The summed E-state index contributed by atoms with van der Waals surface area (Å²) in [4.78, 5) is 11.1. The van der Waals surface area contributed by atoms with Crippen molar-refractivity contribution >= 4 is 28.5 Å². The van der Waals surface area contributed by atoms with Crippen molar-refractivity contribution in [2.45, 2.75) is 6.92 Å². The third-order valence-electron chi connectivity index (χ3n) is 4.81. The molecule has 1 fully saturated rings. The predicted molar refractivity (Wildman–Crippen MR) is 113 cm³/mol. The molecule has 7 nitrogen and oxygen atoms in total. The van der Waals surface area contributed by atoms with E-state index in [9.17, 15) is 0 Å². The zero-order valence-corrected chi connectivity index (χ0v) is 16.0. The van der Waals surface area contributed by atoms with E-state index in [2.05, 4.69) is 38.2 Å². The van der Waals surface area contributed by atoms with E-state index in [0.29, 0.717) is 0 Å². The lowest BCUT2D eigenvalue weighted by Crippen LogP contribution is -2.36. The SMILES string of the molecule is CCN=CC(=CN)c1ccc2cnn(-c3ccnc(N4CCOCC4)c3)c2c1. The van der Waals surface area contributed by atoms with Crippen molar-refractivity contribution < 1.29 is 4.74 Å². The van der Waals surface area contributed by atoms with E-state index in [-0.39, 0.29) is 0 Å². The zero-order chi connectivity index (χ0) is 19.3. The van der Waals surface area contributed by atoms with Crippen LogP contribution in [0.1, 0.15) is 12.5 Å². The third kappa shape index (κ3) is 3.61. The summed E-state index contributed by atoms with van der Waals surface area (Å²) in [5.41, 5.74) is 9.71. The van der Waals surface area contributed by atoms with Crippen LogP contribution in [0, 0.1) is 0 Å². The van der Waals surface area contributed by atoms with E-state index in [0.717, 1.165) is 66.4 Å². The van der Waals surface area contributed by atoms with Crippen LogP contribution in [-0.4, -0.2) is 53.8 Å². The van der Waals surface area contributed by atoms with Crippen molar-refractivity contribution in [2.24, 2.45) is 10.7 Å². The molecule has 0 saturated carbocycles. The van der Waals surface area contributed by atoms with Crippen LogP contribution in [0.3, 0.4) is 0 Å². The Kier molecular flexibility index (Phi) is 5.34. The van der Waals surface area contributed by atoms with Crippen LogP contribution in [-0.2, 0) is 4.74 Å². The Morgan fingerprint density at radius 1 is 1.25 bits per heavy atom. The number of morpholine rings is 1. The molecule has 1 aliphatic heterocycles. The summed E-state index contributed by atoms with van der Waals surface area (Å²) < 4.78 is 7.38. The fraction of sp³-hybridized carbons (Fsp3) is 0.286. The minimum Gasteiger partial charge on any atom is -0.404 e. The van der Waals surface area contributed by atoms with Crippen molar-refractivity contribution in [3.05, 3.63) is 54.5 Å². The van der Waals surface area contributed by atoms with Crippen molar-refractivity contribution in [2.75, 3.05) is 37.7 Å². The average molecular weight is 376 g/mol. The molecule has 0 unspecified atom stereocenters. The summed E-state index contributed by atoms with van der Waals surface area (Å²) >= 11 is 0. The number of aromatic nitrogens is 3. The molecular weight excluding hydrogens is 352 g/mol. The predicted octanol–water partition coefficient (Wildman–Crippen LogP) is 2.65. The van der Waals surface area contributed by atoms with Gasteiger partial charge in [-0.2, -0.15) is 5.10 Å². The highest BCUT2D eigenvalue weighted by Gasteiger charge is 2.14. The van der Waals surface area contributed by atoms with E-state index in [1.54, 1.807) is 6.20 Å². The molecule has 2 N–H and O–H groups in total. The lowest BCUT2D eigenvalue weighted by atomic mass is 10.1. The summed E-state index contributed by atoms with van der Waals surface area (Å²) in [7, 11) is 0. The Labute approximate surface area is 164 Å². The molecule has 1 aromatic carbocycles. The van der Waals surface area contributed by atoms with Gasteiger partial charge >= 0.3 is 0 Å². The molecule has 3 aromatic rings. The van der Waals surface area contributed by atoms with Gasteiger partial charge in [0.15, 0.2) is 0 Å². The van der Waals surface area contributed by atoms with Gasteiger partial charge in [-0.05, 0) is 24.6 Å². The van der Waals surface area contributed by atoms with Crippen LogP contribution in [0.25, 0.3) is 22.2 Å². The topological polar surface area (TPSA) is 81.6 Å². The van der Waals surface area contributed by atoms with Gasteiger partial charge in [-0.15, -0.1) is 0 Å². The molecule has 28 heavy (non-hydrogen) atoms. The first-order valence-electron chi connectivity index (χ1n) is 9.49. The lowest BCUT2D eigenvalue weighted by Gasteiger charge is -2.28. The molecule has 0 atom stereocenters. The fourth-order valence-electron chi connectivity index (χ4n) is 3.31. The maximum absolute atomic E-state index is 5.82. The minimum absolute atomic E-state index is 0.721. The quantitative estimate of drug-likeness (QED) is 0.693. The monoisotopic (exact) mass is 376 g/mol. The molecule has 7 heteroatoms. The number of fused-ring (bicyclic) bond motifs is 1. The van der Waals surface area contributed by atoms with Gasteiger partial charge in [-0.1, -0.05) is 12.1 Å². The van der Waals surface area contributed by atoms with Gasteiger partial charge in [0, 0.05) is 55.3 Å². The van der Waals surface area contributed by atoms with Crippen molar-refractivity contribution in [1.29, 1.82) is 0 Å². The Morgan fingerprint density at radius 3 is 2.89 bits per heavy atom. The molecular formula is C21H24N6O. The summed E-state index contributed by atoms with van der Waals surface area (Å²) in [6, 6.07) is 10.2. The number of allylic oxidation sites excluding steroid dienone is 1. The van der Waals surface area contributed by atoms with Gasteiger partial charge in [0.2, 0.25) is 0 Å². The molecule has 4 rings (SSSR count). The van der Waals surface area contributed by atoms with Crippen LogP contribution in [0.5, 0.6) is 0 Å². The second-order valence-electron chi connectivity index (χ2n) is 6.55. The Morgan fingerprint density at radius 2 is 2.11 bits per heavy atom.